The van der Waals surface area contributed by atoms with Crippen LogP contribution in [0.4, 0.5) is 5.69 Å². The number of hydrogen-bond donors (Lipinski definition) is 1. The van der Waals surface area contributed by atoms with E-state index in [2.05, 4.69) is 20.9 Å². The van der Waals surface area contributed by atoms with Crippen molar-refractivity contribution in [3.8, 4) is 0 Å². The van der Waals surface area contributed by atoms with Gasteiger partial charge in [-0.25, -0.2) is 0 Å². The third-order valence-corrected chi connectivity index (χ3v) is 3.09. The van der Waals surface area contributed by atoms with Gasteiger partial charge in [-0.1, -0.05) is 6.07 Å². The minimum Gasteiger partial charge on any atom is -0.397 e. The van der Waals surface area contributed by atoms with Gasteiger partial charge in [-0.05, 0) is 40.5 Å². The Morgan fingerprint density at radius 1 is 1.46 bits per heavy atom. The summed E-state index contributed by atoms with van der Waals surface area (Å²) in [7, 11) is 0. The number of nitrogens with two attached hydrogens (primary N) is 1. The van der Waals surface area contributed by atoms with E-state index in [9.17, 15) is 0 Å². The minimum absolute atomic E-state index is 0.733. The predicted octanol–water partition coefficient (Wildman–Crippen LogP) is 2.89. The van der Waals surface area contributed by atoms with Crippen molar-refractivity contribution in [3.05, 3.63) is 34.4 Å². The highest BCUT2D eigenvalue weighted by molar-refractivity contribution is 9.10. The first-order chi connectivity index (χ1) is 6.20. The Kier molecular flexibility index (Phi) is 1.96. The van der Waals surface area contributed by atoms with Crippen LogP contribution in [-0.2, 0) is 0 Å². The van der Waals surface area contributed by atoms with E-state index in [1.54, 1.807) is 6.20 Å². The second kappa shape index (κ2) is 3.00. The van der Waals surface area contributed by atoms with Crippen LogP contribution in [0, 0.1) is 6.92 Å². The summed E-state index contributed by atoms with van der Waals surface area (Å²) < 4.78 is 1.07. The number of hydrogen-bond acceptors (Lipinski definition) is 2. The molecule has 2 nitrogen and oxygen atoms in total. The van der Waals surface area contributed by atoms with E-state index in [4.69, 9.17) is 5.73 Å². The van der Waals surface area contributed by atoms with Crippen molar-refractivity contribution in [1.29, 1.82) is 0 Å². The van der Waals surface area contributed by atoms with Gasteiger partial charge in [-0.15, -0.1) is 0 Å². The number of nitrogen functional groups attached to an aromatic ring is 1. The molecule has 13 heavy (non-hydrogen) atoms. The topological polar surface area (TPSA) is 38.9 Å². The standard InChI is InChI=1S/C10H9BrN2/c1-6-5-8(12)10-7(9(6)11)3-2-4-13-10/h2-5H,12H2,1H3. The number of aromatic nitrogens is 1. The second-order valence-electron chi connectivity index (χ2n) is 3.00. The minimum atomic E-state index is 0.733. The van der Waals surface area contributed by atoms with Gasteiger partial charge in [0.1, 0.15) is 0 Å². The van der Waals surface area contributed by atoms with E-state index in [0.717, 1.165) is 26.6 Å². The molecule has 0 aliphatic rings. The second-order valence-corrected chi connectivity index (χ2v) is 3.79. The molecule has 1 heterocycles. The van der Waals surface area contributed by atoms with Crippen molar-refractivity contribution in [1.82, 2.24) is 4.98 Å². The van der Waals surface area contributed by atoms with Crippen molar-refractivity contribution >= 4 is 32.5 Å². The van der Waals surface area contributed by atoms with Crippen LogP contribution in [0.2, 0.25) is 0 Å². The van der Waals surface area contributed by atoms with Crippen LogP contribution in [0.1, 0.15) is 5.56 Å². The number of pyridine rings is 1. The zero-order chi connectivity index (χ0) is 9.42. The van der Waals surface area contributed by atoms with Crippen LogP contribution in [0.5, 0.6) is 0 Å². The molecule has 1 aromatic heterocycles. The van der Waals surface area contributed by atoms with Gasteiger partial charge in [0, 0.05) is 16.1 Å². The van der Waals surface area contributed by atoms with Crippen molar-refractivity contribution in [3.63, 3.8) is 0 Å². The SMILES string of the molecule is Cc1cc(N)c2ncccc2c1Br. The molecule has 0 amide bonds. The lowest BCUT2D eigenvalue weighted by molar-refractivity contribution is 1.38. The monoisotopic (exact) mass is 236 g/mol. The molecule has 0 spiro atoms. The Morgan fingerprint density at radius 2 is 2.23 bits per heavy atom. The van der Waals surface area contributed by atoms with E-state index < -0.39 is 0 Å². The number of anilines is 1. The Morgan fingerprint density at radius 3 is 3.00 bits per heavy atom. The van der Waals surface area contributed by atoms with Crippen LogP contribution in [0.15, 0.2) is 28.9 Å². The van der Waals surface area contributed by atoms with Crippen LogP contribution in [0.3, 0.4) is 0 Å². The average Bonchev–Trinajstić information content (AvgIpc) is 2.15. The van der Waals surface area contributed by atoms with Crippen molar-refractivity contribution in [2.24, 2.45) is 0 Å². The Labute approximate surface area is 84.9 Å². The third kappa shape index (κ3) is 1.29. The highest BCUT2D eigenvalue weighted by Gasteiger charge is 2.05. The first kappa shape index (κ1) is 8.51. The fraction of sp³-hybridized carbons (Fsp3) is 0.100. The van der Waals surface area contributed by atoms with Crippen LogP contribution < -0.4 is 5.73 Å². The Hall–Kier alpha value is -1.09. The molecule has 2 N–H and O–H groups in total. The van der Waals surface area contributed by atoms with Gasteiger partial charge in [-0.3, -0.25) is 4.98 Å². The number of fused-ring (bicyclic) bond motifs is 1. The van der Waals surface area contributed by atoms with Gasteiger partial charge in [0.2, 0.25) is 0 Å². The molecule has 0 saturated carbocycles. The molecule has 0 fully saturated rings. The summed E-state index contributed by atoms with van der Waals surface area (Å²) in [6, 6.07) is 5.85. The van der Waals surface area contributed by atoms with Crippen molar-refractivity contribution in [2.45, 2.75) is 6.92 Å². The molecule has 1 aromatic carbocycles. The quantitative estimate of drug-likeness (QED) is 0.715. The maximum Gasteiger partial charge on any atom is 0.0942 e. The van der Waals surface area contributed by atoms with Crippen LogP contribution in [0.25, 0.3) is 10.9 Å². The van der Waals surface area contributed by atoms with Crippen LogP contribution >= 0.6 is 15.9 Å². The molecule has 0 atom stereocenters. The molecule has 0 aliphatic carbocycles. The Bertz CT molecular complexity index is 466. The summed E-state index contributed by atoms with van der Waals surface area (Å²) in [6.07, 6.45) is 1.75. The Balaban J connectivity index is 2.97. The fourth-order valence-electron chi connectivity index (χ4n) is 1.39. The van der Waals surface area contributed by atoms with E-state index in [-0.39, 0.29) is 0 Å². The van der Waals surface area contributed by atoms with Gasteiger partial charge in [0.15, 0.2) is 0 Å². The molecule has 0 aliphatic heterocycles. The first-order valence-corrected chi connectivity index (χ1v) is 4.79. The maximum absolute atomic E-state index is 5.84. The number of aryl methyl sites for hydroxylation is 1. The average molecular weight is 237 g/mol. The van der Waals surface area contributed by atoms with E-state index >= 15 is 0 Å². The largest absolute Gasteiger partial charge is 0.397 e. The van der Waals surface area contributed by atoms with Crippen molar-refractivity contribution in [2.75, 3.05) is 5.73 Å². The normalized spacial score (nSPS) is 10.6. The highest BCUT2D eigenvalue weighted by Crippen LogP contribution is 2.29. The van der Waals surface area contributed by atoms with Gasteiger partial charge in [0.05, 0.1) is 11.2 Å². The number of halogens is 1. The highest BCUT2D eigenvalue weighted by atomic mass is 79.9. The number of nitrogens with zero attached hydrogens (tertiary/aromatic N) is 1. The lowest BCUT2D eigenvalue weighted by Crippen LogP contribution is -1.91. The summed E-state index contributed by atoms with van der Waals surface area (Å²) in [5.41, 5.74) is 8.57. The lowest BCUT2D eigenvalue weighted by atomic mass is 10.1. The first-order valence-electron chi connectivity index (χ1n) is 3.99. The maximum atomic E-state index is 5.84. The molecular formula is C10H9BrN2. The zero-order valence-electron chi connectivity index (χ0n) is 7.21. The third-order valence-electron chi connectivity index (χ3n) is 2.04. The summed E-state index contributed by atoms with van der Waals surface area (Å²) >= 11 is 3.52. The molecule has 0 bridgehead atoms. The molecule has 66 valence electrons. The molecule has 0 saturated heterocycles. The number of benzene rings is 1. The lowest BCUT2D eigenvalue weighted by Gasteiger charge is -2.05. The van der Waals surface area contributed by atoms with E-state index in [1.807, 2.05) is 25.1 Å². The number of rotatable bonds is 0. The predicted molar refractivity (Wildman–Crippen MR) is 58.6 cm³/mol. The van der Waals surface area contributed by atoms with Gasteiger partial charge < -0.3 is 5.73 Å². The molecule has 0 unspecified atom stereocenters. The van der Waals surface area contributed by atoms with Gasteiger partial charge >= 0.3 is 0 Å². The van der Waals surface area contributed by atoms with Crippen molar-refractivity contribution < 1.29 is 0 Å². The molecule has 3 heteroatoms. The van der Waals surface area contributed by atoms with Crippen LogP contribution in [-0.4, -0.2) is 4.98 Å². The zero-order valence-corrected chi connectivity index (χ0v) is 8.80. The molecule has 2 rings (SSSR count). The summed E-state index contributed by atoms with van der Waals surface area (Å²) in [5.74, 6) is 0. The fourth-order valence-corrected chi connectivity index (χ4v) is 1.82. The van der Waals surface area contributed by atoms with E-state index in [1.165, 1.54) is 0 Å². The summed E-state index contributed by atoms with van der Waals surface area (Å²) in [5, 5.41) is 1.07. The van der Waals surface area contributed by atoms with E-state index in [0.29, 0.717) is 0 Å². The summed E-state index contributed by atoms with van der Waals surface area (Å²) in [6.45, 7) is 2.02. The molecule has 0 radical (unpaired) electrons. The molecule has 2 aromatic rings. The molecular weight excluding hydrogens is 228 g/mol. The van der Waals surface area contributed by atoms with Gasteiger partial charge in [-0.2, -0.15) is 0 Å². The van der Waals surface area contributed by atoms with Gasteiger partial charge in [0.25, 0.3) is 0 Å². The summed E-state index contributed by atoms with van der Waals surface area (Å²) in [4.78, 5) is 4.23. The smallest absolute Gasteiger partial charge is 0.0942 e.